The number of phenolic OH excluding ortho intramolecular Hbond substituents is 1. The van der Waals surface area contributed by atoms with Crippen LogP contribution in [0.2, 0.25) is 0 Å². The quantitative estimate of drug-likeness (QED) is 0.178. The van der Waals surface area contributed by atoms with Crippen LogP contribution in [-0.4, -0.2) is 121 Å². The third-order valence-electron chi connectivity index (χ3n) is 10.6. The van der Waals surface area contributed by atoms with Gasteiger partial charge in [0.05, 0.1) is 36.7 Å². The molecule has 2 aromatic carbocycles. The average molecular weight is 765 g/mol. The standard InChI is InChI=1S/C39H48N4O12/c1-38(2,3)17-43(37(51)55-18-54-36(50)19-9-11-22(53-8)12-10-19)16-21-15-25(41(4)5)23-13-20-14-24-29(42(6)7)32(46)28(35(40)49)34(48)39(24,52)33(47)26(20)31(45)27(23)30(21)44/h9-12,15,20,24,26,28-29,44,52H,13-14,16-18H2,1-8H3,(H2,40,49)/t20-,24-,26?,28?,29-,39-/m0/s1. The lowest BCUT2D eigenvalue weighted by atomic mass is 9.52. The van der Waals surface area contributed by atoms with Crippen molar-refractivity contribution < 1.29 is 58.0 Å². The van der Waals surface area contributed by atoms with E-state index in [1.807, 2.05) is 20.8 Å². The van der Waals surface area contributed by atoms with Crippen LogP contribution >= 0.6 is 0 Å². The Morgan fingerprint density at radius 3 is 2.16 bits per heavy atom. The van der Waals surface area contributed by atoms with E-state index in [4.69, 9.17) is 19.9 Å². The maximum absolute atomic E-state index is 14.5. The number of hydrogen-bond donors (Lipinski definition) is 3. The minimum Gasteiger partial charge on any atom is -0.507 e. The zero-order chi connectivity index (χ0) is 40.9. The number of nitrogens with zero attached hydrogens (tertiary/aromatic N) is 3. The first-order valence-electron chi connectivity index (χ1n) is 17.8. The van der Waals surface area contributed by atoms with Gasteiger partial charge in [-0.2, -0.15) is 0 Å². The van der Waals surface area contributed by atoms with E-state index in [0.717, 1.165) is 0 Å². The Hall–Kier alpha value is -5.35. The molecule has 2 aromatic rings. The number of ketones is 4. The van der Waals surface area contributed by atoms with Gasteiger partial charge in [0.1, 0.15) is 11.5 Å². The van der Waals surface area contributed by atoms with E-state index < -0.39 is 94.4 Å². The summed E-state index contributed by atoms with van der Waals surface area (Å²) in [7, 11) is 7.97. The number of methoxy groups -OCH3 is 1. The average Bonchev–Trinajstić information content (AvgIpc) is 3.09. The van der Waals surface area contributed by atoms with Crippen molar-refractivity contribution in [2.45, 2.75) is 51.8 Å². The zero-order valence-electron chi connectivity index (χ0n) is 32.2. The predicted octanol–water partition coefficient (Wildman–Crippen LogP) is 1.74. The van der Waals surface area contributed by atoms with Crippen molar-refractivity contribution in [3.05, 3.63) is 52.6 Å². The molecule has 16 nitrogen and oxygen atoms in total. The number of fused-ring (bicyclic) bond motifs is 3. The number of ether oxygens (including phenoxy) is 3. The number of carbonyl (C=O) groups is 7. The van der Waals surface area contributed by atoms with Crippen LogP contribution < -0.4 is 15.4 Å². The van der Waals surface area contributed by atoms with Gasteiger partial charge in [-0.15, -0.1) is 0 Å². The number of Topliss-reactive ketones (excluding diaryl/α,β-unsaturated/α-hetero) is 4. The summed E-state index contributed by atoms with van der Waals surface area (Å²) in [4.78, 5) is 98.6. The van der Waals surface area contributed by atoms with Crippen molar-refractivity contribution in [2.24, 2.45) is 34.8 Å². The SMILES string of the molecule is COc1ccc(C(=O)OCOC(=O)N(Cc2cc(N(C)C)c3c(c2O)C(=O)C2C(=O)[C@]4(O)C(=O)C(C(N)=O)C(=O)[C@@H](N(C)C)[C@@H]4C[C@@H]2C3)CC(C)(C)C)cc1. The molecule has 55 heavy (non-hydrogen) atoms. The van der Waals surface area contributed by atoms with Crippen molar-refractivity contribution >= 4 is 46.8 Å². The van der Waals surface area contributed by atoms with Crippen molar-refractivity contribution in [1.29, 1.82) is 0 Å². The summed E-state index contributed by atoms with van der Waals surface area (Å²) in [6, 6.07) is 6.54. The minimum atomic E-state index is -2.86. The van der Waals surface area contributed by atoms with Crippen LogP contribution in [0.15, 0.2) is 30.3 Å². The van der Waals surface area contributed by atoms with Crippen molar-refractivity contribution in [2.75, 3.05) is 53.5 Å². The lowest BCUT2D eigenvalue weighted by Gasteiger charge is -2.52. The van der Waals surface area contributed by atoms with Crippen LogP contribution in [0.5, 0.6) is 11.5 Å². The van der Waals surface area contributed by atoms with E-state index in [-0.39, 0.29) is 42.6 Å². The van der Waals surface area contributed by atoms with Gasteiger partial charge in [-0.25, -0.2) is 9.59 Å². The second-order valence-corrected chi connectivity index (χ2v) is 16.0. The third kappa shape index (κ3) is 7.40. The molecule has 0 spiro atoms. The van der Waals surface area contributed by atoms with Gasteiger partial charge in [-0.3, -0.25) is 28.9 Å². The molecule has 0 aliphatic heterocycles. The number of phenols is 1. The van der Waals surface area contributed by atoms with Crippen LogP contribution in [0, 0.1) is 29.1 Å². The van der Waals surface area contributed by atoms with Crippen LogP contribution in [0.25, 0.3) is 0 Å². The molecule has 0 heterocycles. The summed E-state index contributed by atoms with van der Waals surface area (Å²) >= 11 is 0. The van der Waals surface area contributed by atoms with E-state index in [1.165, 1.54) is 43.1 Å². The normalized spacial score (nSPS) is 24.7. The highest BCUT2D eigenvalue weighted by Crippen LogP contribution is 2.52. The topological polar surface area (TPSA) is 223 Å². The molecule has 4 N–H and O–H groups in total. The molecular weight excluding hydrogens is 716 g/mol. The van der Waals surface area contributed by atoms with E-state index in [9.17, 15) is 43.8 Å². The van der Waals surface area contributed by atoms with Crippen LogP contribution in [0.4, 0.5) is 10.5 Å². The molecule has 2 amide bonds. The van der Waals surface area contributed by atoms with Gasteiger partial charge in [0.25, 0.3) is 0 Å². The molecule has 2 fully saturated rings. The number of hydrogen-bond acceptors (Lipinski definition) is 14. The number of esters is 1. The number of carbonyl (C=O) groups excluding carboxylic acids is 7. The van der Waals surface area contributed by atoms with Gasteiger partial charge >= 0.3 is 12.1 Å². The molecule has 3 aliphatic carbocycles. The Labute approximate surface area is 318 Å². The fourth-order valence-corrected chi connectivity index (χ4v) is 8.22. The number of anilines is 1. The smallest absolute Gasteiger partial charge is 0.412 e. The highest BCUT2D eigenvalue weighted by molar-refractivity contribution is 6.32. The van der Waals surface area contributed by atoms with E-state index >= 15 is 0 Å². The first kappa shape index (κ1) is 40.8. The molecule has 0 radical (unpaired) electrons. The summed E-state index contributed by atoms with van der Waals surface area (Å²) < 4.78 is 15.6. The fraction of sp³-hybridized carbons (Fsp3) is 0.513. The Kier molecular flexibility index (Phi) is 11.2. The zero-order valence-corrected chi connectivity index (χ0v) is 32.2. The Balaban J connectivity index is 1.47. The molecule has 0 saturated heterocycles. The maximum atomic E-state index is 14.5. The lowest BCUT2D eigenvalue weighted by molar-refractivity contribution is -0.181. The van der Waals surface area contributed by atoms with E-state index in [2.05, 4.69) is 0 Å². The summed E-state index contributed by atoms with van der Waals surface area (Å²) in [6.45, 7) is 4.73. The number of nitrogens with two attached hydrogens (primary N) is 1. The number of aromatic hydroxyl groups is 1. The van der Waals surface area contributed by atoms with Gasteiger partial charge in [0.15, 0.2) is 34.7 Å². The first-order chi connectivity index (χ1) is 25.6. The van der Waals surface area contributed by atoms with Crippen molar-refractivity contribution in [1.82, 2.24) is 9.80 Å². The third-order valence-corrected chi connectivity index (χ3v) is 10.6. The van der Waals surface area contributed by atoms with Crippen LogP contribution in [-0.2, 0) is 41.6 Å². The van der Waals surface area contributed by atoms with Gasteiger partial charge in [0, 0.05) is 37.8 Å². The molecule has 296 valence electrons. The number of likely N-dealkylation sites (N-methyl/N-ethyl adjacent to an activating group) is 1. The molecular formula is C39H48N4O12. The fourth-order valence-electron chi connectivity index (χ4n) is 8.22. The number of amides is 2. The highest BCUT2D eigenvalue weighted by Gasteiger charge is 2.69. The van der Waals surface area contributed by atoms with Gasteiger partial charge in [-0.05, 0) is 74.2 Å². The summed E-state index contributed by atoms with van der Waals surface area (Å²) in [5.41, 5.74) is 3.13. The van der Waals surface area contributed by atoms with Crippen LogP contribution in [0.3, 0.4) is 0 Å². The van der Waals surface area contributed by atoms with Crippen LogP contribution in [0.1, 0.15) is 59.0 Å². The molecule has 6 atom stereocenters. The van der Waals surface area contributed by atoms with Crippen molar-refractivity contribution in [3.63, 3.8) is 0 Å². The van der Waals surface area contributed by atoms with E-state index in [1.54, 1.807) is 37.2 Å². The highest BCUT2D eigenvalue weighted by atomic mass is 16.7. The predicted molar refractivity (Wildman–Crippen MR) is 195 cm³/mol. The van der Waals surface area contributed by atoms with Gasteiger partial charge in [-0.1, -0.05) is 20.8 Å². The molecule has 16 heteroatoms. The molecule has 3 aliphatic rings. The monoisotopic (exact) mass is 764 g/mol. The summed E-state index contributed by atoms with van der Waals surface area (Å²) in [5, 5.41) is 23.7. The minimum absolute atomic E-state index is 0.0699. The number of rotatable bonds is 10. The Morgan fingerprint density at radius 1 is 0.982 bits per heavy atom. The molecule has 5 rings (SSSR count). The molecule has 0 bridgehead atoms. The maximum Gasteiger partial charge on any atom is 0.412 e. The van der Waals surface area contributed by atoms with Gasteiger partial charge < -0.3 is 40.0 Å². The summed E-state index contributed by atoms with van der Waals surface area (Å²) in [6.07, 6.45) is -0.901. The molecule has 2 unspecified atom stereocenters. The Morgan fingerprint density at radius 2 is 1.62 bits per heavy atom. The molecule has 0 aromatic heterocycles. The second kappa shape index (κ2) is 15.1. The first-order valence-corrected chi connectivity index (χ1v) is 17.8. The van der Waals surface area contributed by atoms with Gasteiger partial charge in [0.2, 0.25) is 12.7 Å². The lowest BCUT2D eigenvalue weighted by Crippen LogP contribution is -2.74. The largest absolute Gasteiger partial charge is 0.507 e. The number of primary amides is 1. The van der Waals surface area contributed by atoms with E-state index in [0.29, 0.717) is 17.0 Å². The summed E-state index contributed by atoms with van der Waals surface area (Å²) in [5.74, 6) is -11.9. The number of benzene rings is 2. The number of aliphatic hydroxyl groups is 1. The van der Waals surface area contributed by atoms with Crippen molar-refractivity contribution in [3.8, 4) is 11.5 Å². The second-order valence-electron chi connectivity index (χ2n) is 16.0. The molecule has 2 saturated carbocycles. The Bertz CT molecular complexity index is 1940.